The number of hydrogen-bond donors (Lipinski definition) is 1. The monoisotopic (exact) mass is 282 g/mol. The van der Waals surface area contributed by atoms with Crippen LogP contribution in [0.25, 0.3) is 0 Å². The quantitative estimate of drug-likeness (QED) is 0.843. The van der Waals surface area contributed by atoms with E-state index in [0.717, 1.165) is 17.0 Å². The molecule has 1 aliphatic carbocycles. The third-order valence-electron chi connectivity index (χ3n) is 3.13. The van der Waals surface area contributed by atoms with E-state index in [1.165, 1.54) is 12.8 Å². The van der Waals surface area contributed by atoms with E-state index in [9.17, 15) is 4.55 Å². The second-order valence-electron chi connectivity index (χ2n) is 5.90. The summed E-state index contributed by atoms with van der Waals surface area (Å²) in [4.78, 5) is 4.42. The summed E-state index contributed by atoms with van der Waals surface area (Å²) in [6.45, 7) is 6.40. The van der Waals surface area contributed by atoms with Crippen molar-refractivity contribution >= 4 is 11.4 Å². The van der Waals surface area contributed by atoms with Gasteiger partial charge >= 0.3 is 0 Å². The third-order valence-corrected chi connectivity index (χ3v) is 4.65. The van der Waals surface area contributed by atoms with Gasteiger partial charge in [0.2, 0.25) is 0 Å². The molecular formula is C14H22N2O2S. The summed E-state index contributed by atoms with van der Waals surface area (Å²) in [7, 11) is 1.64. The highest BCUT2D eigenvalue weighted by Crippen LogP contribution is 2.40. The second kappa shape index (κ2) is 5.69. The minimum Gasteiger partial charge on any atom is -0.598 e. The van der Waals surface area contributed by atoms with E-state index in [1.54, 1.807) is 13.3 Å². The fraction of sp³-hybridized carbons (Fsp3) is 0.643. The van der Waals surface area contributed by atoms with Crippen molar-refractivity contribution in [3.63, 3.8) is 0 Å². The maximum atomic E-state index is 12.0. The van der Waals surface area contributed by atoms with Gasteiger partial charge in [-0.1, -0.05) is 0 Å². The van der Waals surface area contributed by atoms with Gasteiger partial charge in [-0.25, -0.2) is 0 Å². The van der Waals surface area contributed by atoms with E-state index in [1.807, 2.05) is 20.8 Å². The Bertz CT molecular complexity index is 442. The molecule has 1 fully saturated rings. The number of nitrogens with zero attached hydrogens (tertiary/aromatic N) is 1. The van der Waals surface area contributed by atoms with E-state index in [0.29, 0.717) is 12.5 Å². The third kappa shape index (κ3) is 3.84. The Morgan fingerprint density at radius 1 is 1.47 bits per heavy atom. The van der Waals surface area contributed by atoms with E-state index in [-0.39, 0.29) is 4.75 Å². The molecule has 5 heteroatoms. The SMILES string of the molecule is COc1cnc(C2CC2)cc1CN[S+]([O-])C(C)(C)C. The largest absolute Gasteiger partial charge is 0.598 e. The molecule has 0 bridgehead atoms. The van der Waals surface area contributed by atoms with Gasteiger partial charge in [-0.05, 0) is 39.7 Å². The van der Waals surface area contributed by atoms with Crippen LogP contribution in [0.15, 0.2) is 12.3 Å². The molecule has 1 heterocycles. The highest BCUT2D eigenvalue weighted by molar-refractivity contribution is 7.90. The molecule has 1 unspecified atom stereocenters. The van der Waals surface area contributed by atoms with Gasteiger partial charge in [0.15, 0.2) is 0 Å². The highest BCUT2D eigenvalue weighted by Gasteiger charge is 2.28. The minimum atomic E-state index is -1.08. The molecule has 0 spiro atoms. The number of nitrogens with one attached hydrogen (secondary N) is 1. The molecular weight excluding hydrogens is 260 g/mol. The Hall–Kier alpha value is -0.780. The van der Waals surface area contributed by atoms with Gasteiger partial charge in [0.25, 0.3) is 0 Å². The lowest BCUT2D eigenvalue weighted by molar-refractivity contribution is 0.406. The van der Waals surface area contributed by atoms with Crippen LogP contribution in [-0.4, -0.2) is 21.4 Å². The molecule has 1 aliphatic rings. The summed E-state index contributed by atoms with van der Waals surface area (Å²) >= 11 is -1.08. The van der Waals surface area contributed by atoms with Crippen molar-refractivity contribution in [2.24, 2.45) is 0 Å². The molecule has 0 saturated heterocycles. The van der Waals surface area contributed by atoms with Crippen molar-refractivity contribution in [1.82, 2.24) is 9.71 Å². The molecule has 1 saturated carbocycles. The highest BCUT2D eigenvalue weighted by atomic mass is 32.2. The fourth-order valence-electron chi connectivity index (χ4n) is 1.79. The lowest BCUT2D eigenvalue weighted by Crippen LogP contribution is -2.39. The van der Waals surface area contributed by atoms with E-state index < -0.39 is 11.4 Å². The van der Waals surface area contributed by atoms with Gasteiger partial charge in [0, 0.05) is 28.5 Å². The molecule has 0 aromatic carbocycles. The van der Waals surface area contributed by atoms with Crippen LogP contribution in [0.3, 0.4) is 0 Å². The standard InChI is InChI=1S/C14H22N2O2S/c1-14(2,3)19(17)16-8-11-7-12(10-5-6-10)15-9-13(11)18-4/h7,9-10,16H,5-6,8H2,1-4H3. The zero-order chi connectivity index (χ0) is 14.0. The predicted octanol–water partition coefficient (Wildman–Crippen LogP) is 2.52. The number of pyridine rings is 1. The maximum absolute atomic E-state index is 12.0. The zero-order valence-electron chi connectivity index (χ0n) is 12.0. The van der Waals surface area contributed by atoms with E-state index >= 15 is 0 Å². The molecule has 1 aromatic heterocycles. The van der Waals surface area contributed by atoms with Gasteiger partial charge < -0.3 is 9.29 Å². The van der Waals surface area contributed by atoms with Crippen molar-refractivity contribution in [3.8, 4) is 5.75 Å². The van der Waals surface area contributed by atoms with Crippen LogP contribution in [0.4, 0.5) is 0 Å². The van der Waals surface area contributed by atoms with Crippen molar-refractivity contribution in [3.05, 3.63) is 23.5 Å². The first-order valence-corrected chi connectivity index (χ1v) is 7.75. The Kier molecular flexibility index (Phi) is 4.38. The first kappa shape index (κ1) is 14.6. The van der Waals surface area contributed by atoms with E-state index in [4.69, 9.17) is 4.74 Å². The summed E-state index contributed by atoms with van der Waals surface area (Å²) in [6.07, 6.45) is 4.21. The maximum Gasteiger partial charge on any atom is 0.141 e. The first-order chi connectivity index (χ1) is 8.91. The molecule has 0 amide bonds. The first-order valence-electron chi connectivity index (χ1n) is 6.60. The summed E-state index contributed by atoms with van der Waals surface area (Å²) in [5.41, 5.74) is 2.15. The van der Waals surface area contributed by atoms with E-state index in [2.05, 4.69) is 15.8 Å². The summed E-state index contributed by atoms with van der Waals surface area (Å²) < 4.78 is 20.1. The van der Waals surface area contributed by atoms with Crippen LogP contribution in [0.5, 0.6) is 5.75 Å². The number of ether oxygens (including phenoxy) is 1. The van der Waals surface area contributed by atoms with Gasteiger partial charge in [0.1, 0.15) is 10.5 Å². The van der Waals surface area contributed by atoms with Gasteiger partial charge in [-0.15, -0.1) is 4.72 Å². The fourth-order valence-corrected chi connectivity index (χ4v) is 2.51. The number of rotatable bonds is 5. The number of aromatic nitrogens is 1. The molecule has 4 nitrogen and oxygen atoms in total. The number of methoxy groups -OCH3 is 1. The second-order valence-corrected chi connectivity index (χ2v) is 7.95. The molecule has 0 aliphatic heterocycles. The van der Waals surface area contributed by atoms with Crippen LogP contribution in [0.2, 0.25) is 0 Å². The molecule has 1 atom stereocenters. The average Bonchev–Trinajstić information content (AvgIpc) is 3.18. The molecule has 1 aromatic rings. The summed E-state index contributed by atoms with van der Waals surface area (Å²) in [5, 5.41) is 0. The van der Waals surface area contributed by atoms with Crippen molar-refractivity contribution in [2.45, 2.75) is 50.8 Å². The number of hydrogen-bond acceptors (Lipinski definition) is 4. The van der Waals surface area contributed by atoms with Crippen LogP contribution >= 0.6 is 0 Å². The van der Waals surface area contributed by atoms with Crippen molar-refractivity contribution < 1.29 is 9.29 Å². The van der Waals surface area contributed by atoms with Crippen LogP contribution in [0, 0.1) is 0 Å². The summed E-state index contributed by atoms with van der Waals surface area (Å²) in [5.74, 6) is 1.36. The molecule has 19 heavy (non-hydrogen) atoms. The molecule has 1 N–H and O–H groups in total. The Morgan fingerprint density at radius 2 is 2.16 bits per heavy atom. The van der Waals surface area contributed by atoms with Gasteiger partial charge in [0.05, 0.1) is 19.9 Å². The van der Waals surface area contributed by atoms with Crippen LogP contribution < -0.4 is 9.46 Å². The molecule has 0 radical (unpaired) electrons. The average molecular weight is 282 g/mol. The Balaban J connectivity index is 2.07. The lowest BCUT2D eigenvalue weighted by Gasteiger charge is -2.24. The lowest BCUT2D eigenvalue weighted by atomic mass is 10.1. The topological polar surface area (TPSA) is 57.2 Å². The van der Waals surface area contributed by atoms with Crippen LogP contribution in [0.1, 0.15) is 50.8 Å². The van der Waals surface area contributed by atoms with Gasteiger partial charge in [-0.2, -0.15) is 0 Å². The normalized spacial score (nSPS) is 17.3. The smallest absolute Gasteiger partial charge is 0.141 e. The van der Waals surface area contributed by atoms with Crippen molar-refractivity contribution in [2.75, 3.05) is 7.11 Å². The molecule has 2 rings (SSSR count). The van der Waals surface area contributed by atoms with Crippen molar-refractivity contribution in [1.29, 1.82) is 0 Å². The van der Waals surface area contributed by atoms with Crippen LogP contribution in [-0.2, 0) is 17.9 Å². The summed E-state index contributed by atoms with van der Waals surface area (Å²) in [6, 6.07) is 2.07. The minimum absolute atomic E-state index is 0.264. The van der Waals surface area contributed by atoms with Gasteiger partial charge in [-0.3, -0.25) is 4.98 Å². The Labute approximate surface area is 118 Å². The zero-order valence-corrected chi connectivity index (χ0v) is 12.8. The Morgan fingerprint density at radius 3 is 2.68 bits per heavy atom. The molecule has 106 valence electrons. The predicted molar refractivity (Wildman–Crippen MR) is 77.5 cm³/mol.